The molecule has 2 atom stereocenters. The molecule has 1 aliphatic rings. The van der Waals surface area contributed by atoms with E-state index in [1.54, 1.807) is 0 Å². The first-order valence-corrected chi connectivity index (χ1v) is 9.72. The second kappa shape index (κ2) is 7.07. The smallest absolute Gasteiger partial charge is 0.260 e. The largest absolute Gasteiger partial charge is 0.390 e. The van der Waals surface area contributed by atoms with Crippen LogP contribution in [0.25, 0.3) is 11.3 Å². The lowest BCUT2D eigenvalue weighted by atomic mass is 9.84. The van der Waals surface area contributed by atoms with E-state index < -0.39 is 5.60 Å². The molecule has 1 aromatic heterocycles. The van der Waals surface area contributed by atoms with Crippen molar-refractivity contribution in [3.63, 3.8) is 0 Å². The fourth-order valence-electron chi connectivity index (χ4n) is 3.32. The molecule has 0 spiro atoms. The van der Waals surface area contributed by atoms with Gasteiger partial charge in [0.2, 0.25) is 0 Å². The number of hydrogen-bond acceptors (Lipinski definition) is 4. The van der Waals surface area contributed by atoms with Gasteiger partial charge in [0.05, 0.1) is 15.8 Å². The van der Waals surface area contributed by atoms with E-state index in [1.165, 1.54) is 6.20 Å². The van der Waals surface area contributed by atoms with Gasteiger partial charge < -0.3 is 14.5 Å². The van der Waals surface area contributed by atoms with Crippen LogP contribution in [0.15, 0.2) is 35.0 Å². The van der Waals surface area contributed by atoms with Gasteiger partial charge in [0.15, 0.2) is 5.76 Å². The van der Waals surface area contributed by atoms with Crippen molar-refractivity contribution >= 4 is 28.5 Å². The van der Waals surface area contributed by atoms with Gasteiger partial charge in [0.25, 0.3) is 5.91 Å². The van der Waals surface area contributed by atoms with Crippen molar-refractivity contribution in [2.45, 2.75) is 43.3 Å². The number of aliphatic hydroxyl groups is 1. The molecular weight excluding hydrogens is 431 g/mol. The minimum atomic E-state index is -0.820. The number of aryl methyl sites for hydroxylation is 1. The Hall–Kier alpha value is -1.41. The first kappa shape index (κ1) is 18.4. The molecule has 2 heterocycles. The van der Waals surface area contributed by atoms with Gasteiger partial charge >= 0.3 is 0 Å². The molecule has 5 nitrogen and oxygen atoms in total. The lowest BCUT2D eigenvalue weighted by molar-refractivity contribution is -0.0191. The van der Waals surface area contributed by atoms with E-state index in [-0.39, 0.29) is 15.9 Å². The average Bonchev–Trinajstić information content (AvgIpc) is 3.03. The second-order valence-electron chi connectivity index (χ2n) is 7.21. The topological polar surface area (TPSA) is 66.6 Å². The summed E-state index contributed by atoms with van der Waals surface area (Å²) in [6.07, 6.45) is 3.29. The number of likely N-dealkylation sites (tertiary alicyclic amines) is 1. The Morgan fingerprint density at radius 3 is 2.68 bits per heavy atom. The van der Waals surface area contributed by atoms with E-state index in [9.17, 15) is 9.90 Å². The number of rotatable bonds is 3. The summed E-state index contributed by atoms with van der Waals surface area (Å²) >= 11 is 2.27. The van der Waals surface area contributed by atoms with Crippen molar-refractivity contribution in [2.75, 3.05) is 6.54 Å². The van der Waals surface area contributed by atoms with Crippen LogP contribution in [0.1, 0.15) is 42.6 Å². The van der Waals surface area contributed by atoms with Crippen LogP contribution < -0.4 is 0 Å². The fourth-order valence-corrected chi connectivity index (χ4v) is 5.09. The van der Waals surface area contributed by atoms with Crippen LogP contribution in [-0.4, -0.2) is 37.3 Å². The molecule has 25 heavy (non-hydrogen) atoms. The van der Waals surface area contributed by atoms with Crippen LogP contribution in [-0.2, 0) is 0 Å². The van der Waals surface area contributed by atoms with E-state index in [4.69, 9.17) is 4.52 Å². The second-order valence-corrected chi connectivity index (χ2v) is 8.48. The zero-order valence-corrected chi connectivity index (χ0v) is 16.9. The van der Waals surface area contributed by atoms with Gasteiger partial charge in [-0.3, -0.25) is 4.79 Å². The van der Waals surface area contributed by atoms with Gasteiger partial charge in [0, 0.05) is 18.0 Å². The number of carbonyl (C=O) groups is 1. The molecule has 1 amide bonds. The molecule has 0 radical (unpaired) electrons. The van der Waals surface area contributed by atoms with Gasteiger partial charge in [-0.05, 0) is 33.6 Å². The van der Waals surface area contributed by atoms with Crippen LogP contribution in [0.4, 0.5) is 0 Å². The molecule has 0 aliphatic carbocycles. The summed E-state index contributed by atoms with van der Waals surface area (Å²) in [6.45, 7) is 6.32. The maximum atomic E-state index is 13.1. The number of amides is 1. The summed E-state index contributed by atoms with van der Waals surface area (Å²) in [6, 6.07) is 7.84. The molecule has 1 saturated heterocycles. The van der Waals surface area contributed by atoms with Gasteiger partial charge in [0.1, 0.15) is 5.56 Å². The van der Waals surface area contributed by atoms with Crippen molar-refractivity contribution in [1.82, 2.24) is 10.1 Å². The lowest BCUT2D eigenvalue weighted by Gasteiger charge is -2.43. The summed E-state index contributed by atoms with van der Waals surface area (Å²) < 4.78 is 5.31. The molecule has 3 rings (SSSR count). The van der Waals surface area contributed by atoms with Crippen LogP contribution in [0.3, 0.4) is 0 Å². The Morgan fingerprint density at radius 1 is 1.36 bits per heavy atom. The number of hydrogen-bond donors (Lipinski definition) is 1. The minimum Gasteiger partial charge on any atom is -0.390 e. The number of halogens is 1. The lowest BCUT2D eigenvalue weighted by Crippen LogP contribution is -2.51. The third-order valence-corrected chi connectivity index (χ3v) is 6.37. The van der Waals surface area contributed by atoms with Gasteiger partial charge in [-0.25, -0.2) is 0 Å². The Balaban J connectivity index is 1.89. The summed E-state index contributed by atoms with van der Waals surface area (Å²) in [7, 11) is 0. The molecular formula is C19H23IN2O3. The highest BCUT2D eigenvalue weighted by Crippen LogP contribution is 2.37. The maximum absolute atomic E-state index is 13.1. The van der Waals surface area contributed by atoms with Crippen molar-refractivity contribution < 1.29 is 14.4 Å². The molecule has 0 bridgehead atoms. The number of aromatic nitrogens is 1. The highest BCUT2D eigenvalue weighted by atomic mass is 127. The van der Waals surface area contributed by atoms with Gasteiger partial charge in [-0.15, -0.1) is 0 Å². The van der Waals surface area contributed by atoms with E-state index in [2.05, 4.69) is 27.7 Å². The van der Waals surface area contributed by atoms with Crippen LogP contribution in [0.2, 0.25) is 0 Å². The number of carbonyl (C=O) groups excluding carboxylic acids is 1. The number of benzene rings is 1. The first-order chi connectivity index (χ1) is 11.8. The minimum absolute atomic E-state index is 0.0356. The van der Waals surface area contributed by atoms with Crippen molar-refractivity contribution in [3.8, 4) is 11.3 Å². The number of nitrogens with zero attached hydrogens (tertiary/aromatic N) is 2. The third-order valence-electron chi connectivity index (χ3n) is 4.83. The molecule has 1 N–H and O–H groups in total. The monoisotopic (exact) mass is 454 g/mol. The molecule has 2 aromatic rings. The number of piperidine rings is 1. The summed E-state index contributed by atoms with van der Waals surface area (Å²) in [5.41, 5.74) is 1.64. The van der Waals surface area contributed by atoms with E-state index in [0.717, 1.165) is 24.0 Å². The molecule has 1 aromatic carbocycles. The van der Waals surface area contributed by atoms with Gasteiger partial charge in [-0.1, -0.05) is 57.6 Å². The molecule has 6 heteroatoms. The average molecular weight is 454 g/mol. The quantitative estimate of drug-likeness (QED) is 0.432. The molecule has 134 valence electrons. The SMILES string of the molecule is Cc1ccc(-c2oncc2C(=O)N2CCC[C@H](C(C)(C)O)C2I)cc1. The van der Waals surface area contributed by atoms with Crippen molar-refractivity contribution in [2.24, 2.45) is 5.92 Å². The highest BCUT2D eigenvalue weighted by Gasteiger charge is 2.41. The predicted molar refractivity (Wildman–Crippen MR) is 105 cm³/mol. The van der Waals surface area contributed by atoms with Crippen LogP contribution in [0, 0.1) is 12.8 Å². The normalized spacial score (nSPS) is 21.4. The first-order valence-electron chi connectivity index (χ1n) is 8.48. The Labute approximate surface area is 161 Å². The molecule has 1 aliphatic heterocycles. The Morgan fingerprint density at radius 2 is 2.04 bits per heavy atom. The van der Waals surface area contributed by atoms with E-state index >= 15 is 0 Å². The van der Waals surface area contributed by atoms with Gasteiger partial charge in [-0.2, -0.15) is 0 Å². The Bertz CT molecular complexity index is 749. The standard InChI is InChI=1S/C19H23IN2O3/c1-12-6-8-13(9-7-12)16-14(11-21-25-16)18(23)22-10-4-5-15(17(22)20)19(2,3)24/h6-9,11,15,17,24H,4-5,10H2,1-3H3/t15-,17?/m0/s1. The molecule has 0 saturated carbocycles. The van der Waals surface area contributed by atoms with E-state index in [1.807, 2.05) is 49.9 Å². The summed E-state index contributed by atoms with van der Waals surface area (Å²) in [5.74, 6) is 0.442. The van der Waals surface area contributed by atoms with Crippen molar-refractivity contribution in [3.05, 3.63) is 41.6 Å². The maximum Gasteiger partial charge on any atom is 0.260 e. The zero-order valence-electron chi connectivity index (χ0n) is 14.7. The number of alkyl halides is 1. The molecule has 1 fully saturated rings. The summed E-state index contributed by atoms with van der Waals surface area (Å²) in [4.78, 5) is 15.0. The Kier molecular flexibility index (Phi) is 5.20. The fraction of sp³-hybridized carbons (Fsp3) is 0.474. The third kappa shape index (κ3) is 3.74. The van der Waals surface area contributed by atoms with Crippen LogP contribution in [0.5, 0.6) is 0 Å². The predicted octanol–water partition coefficient (Wildman–Crippen LogP) is 4.03. The van der Waals surface area contributed by atoms with E-state index in [0.29, 0.717) is 17.9 Å². The summed E-state index contributed by atoms with van der Waals surface area (Å²) in [5, 5.41) is 14.3. The van der Waals surface area contributed by atoms with Crippen molar-refractivity contribution in [1.29, 1.82) is 0 Å². The van der Waals surface area contributed by atoms with Crippen LogP contribution >= 0.6 is 22.6 Å². The molecule has 1 unspecified atom stereocenters. The zero-order chi connectivity index (χ0) is 18.2. The highest BCUT2D eigenvalue weighted by molar-refractivity contribution is 14.1.